The van der Waals surface area contributed by atoms with Gasteiger partial charge in [-0.2, -0.15) is 0 Å². The predicted molar refractivity (Wildman–Crippen MR) is 144 cm³/mol. The molecule has 0 atom stereocenters. The molecule has 0 bridgehead atoms. The van der Waals surface area contributed by atoms with Crippen molar-refractivity contribution < 1.29 is 5.11 Å². The topological polar surface area (TPSA) is 39.1 Å². The third-order valence-electron chi connectivity index (χ3n) is 6.39. The Morgan fingerprint density at radius 2 is 1.91 bits per heavy atom. The van der Waals surface area contributed by atoms with Crippen LogP contribution in [0.2, 0.25) is 0 Å². The van der Waals surface area contributed by atoms with Crippen LogP contribution in [0.1, 0.15) is 71.4 Å². The summed E-state index contributed by atoms with van der Waals surface area (Å²) in [5.74, 6) is 0.577. The molecular formula is C29H45N3O. The lowest BCUT2D eigenvalue weighted by Gasteiger charge is -2.32. The maximum Gasteiger partial charge on any atom is 0.0608 e. The van der Waals surface area contributed by atoms with Crippen molar-refractivity contribution in [2.45, 2.75) is 79.2 Å². The summed E-state index contributed by atoms with van der Waals surface area (Å²) in [4.78, 5) is 9.42. The molecule has 4 heteroatoms. The number of hydrogen-bond acceptors (Lipinski definition) is 4. The van der Waals surface area contributed by atoms with Crippen LogP contribution in [0.3, 0.4) is 0 Å². The van der Waals surface area contributed by atoms with Gasteiger partial charge in [-0.15, -0.1) is 0 Å². The molecule has 1 heterocycles. The maximum atomic E-state index is 9.85. The molecule has 0 radical (unpaired) electrons. The summed E-state index contributed by atoms with van der Waals surface area (Å²) in [5.41, 5.74) is 7.97. The van der Waals surface area contributed by atoms with Gasteiger partial charge in [0, 0.05) is 43.6 Å². The van der Waals surface area contributed by atoms with Crippen molar-refractivity contribution in [3.63, 3.8) is 0 Å². The number of piperidine rings is 1. The molecule has 0 aromatic heterocycles. The van der Waals surface area contributed by atoms with Crippen molar-refractivity contribution in [1.29, 1.82) is 0 Å². The van der Waals surface area contributed by atoms with E-state index >= 15 is 0 Å². The number of benzene rings is 1. The van der Waals surface area contributed by atoms with Crippen LogP contribution in [0.4, 0.5) is 5.69 Å². The molecule has 1 aromatic carbocycles. The van der Waals surface area contributed by atoms with Crippen molar-refractivity contribution in [1.82, 2.24) is 4.90 Å². The first-order valence-corrected chi connectivity index (χ1v) is 12.5. The average Bonchev–Trinajstić information content (AvgIpc) is 2.75. The number of allylic oxidation sites excluding steroid dienone is 4. The number of anilines is 1. The molecule has 1 fully saturated rings. The number of nitrogens with zero attached hydrogens (tertiary/aromatic N) is 3. The normalized spacial score (nSPS) is 15.8. The van der Waals surface area contributed by atoms with E-state index < -0.39 is 0 Å². The van der Waals surface area contributed by atoms with Gasteiger partial charge < -0.3 is 14.9 Å². The third kappa shape index (κ3) is 7.89. The molecule has 33 heavy (non-hydrogen) atoms. The van der Waals surface area contributed by atoms with Crippen LogP contribution in [-0.2, 0) is 12.8 Å². The van der Waals surface area contributed by atoms with Gasteiger partial charge in [0.1, 0.15) is 0 Å². The van der Waals surface area contributed by atoms with Crippen molar-refractivity contribution in [3.05, 3.63) is 65.7 Å². The van der Waals surface area contributed by atoms with E-state index in [0.29, 0.717) is 5.92 Å². The highest BCUT2D eigenvalue weighted by atomic mass is 16.3. The Labute approximate surface area is 202 Å². The van der Waals surface area contributed by atoms with E-state index in [-0.39, 0.29) is 6.10 Å². The van der Waals surface area contributed by atoms with Gasteiger partial charge >= 0.3 is 0 Å². The minimum absolute atomic E-state index is 0.152. The second kappa shape index (κ2) is 12.8. The van der Waals surface area contributed by atoms with Gasteiger partial charge in [0.2, 0.25) is 0 Å². The quantitative estimate of drug-likeness (QED) is 0.390. The molecule has 4 nitrogen and oxygen atoms in total. The van der Waals surface area contributed by atoms with Crippen molar-refractivity contribution in [3.8, 4) is 0 Å². The number of aliphatic hydroxyl groups excluding tert-OH is 1. The van der Waals surface area contributed by atoms with Crippen LogP contribution < -0.4 is 4.90 Å². The Hall–Kier alpha value is -2.33. The first-order valence-electron chi connectivity index (χ1n) is 12.5. The summed E-state index contributed by atoms with van der Waals surface area (Å²) < 4.78 is 0. The van der Waals surface area contributed by atoms with Crippen LogP contribution in [0.15, 0.2) is 59.5 Å². The lowest BCUT2D eigenvalue weighted by molar-refractivity contribution is 0.145. The van der Waals surface area contributed by atoms with Crippen LogP contribution in [0.25, 0.3) is 0 Å². The summed E-state index contributed by atoms with van der Waals surface area (Å²) in [6.07, 6.45) is 7.47. The fourth-order valence-electron chi connectivity index (χ4n) is 4.56. The number of aliphatic imine (C=N–C) groups is 1. The Balaban J connectivity index is 2.20. The number of hydrogen-bond donors (Lipinski definition) is 1. The third-order valence-corrected chi connectivity index (χ3v) is 6.39. The highest BCUT2D eigenvalue weighted by Gasteiger charge is 2.18. The zero-order valence-electron chi connectivity index (χ0n) is 21.8. The van der Waals surface area contributed by atoms with E-state index in [4.69, 9.17) is 4.99 Å². The number of aliphatic hydroxyl groups is 1. The largest absolute Gasteiger partial charge is 0.393 e. The fourth-order valence-corrected chi connectivity index (χ4v) is 4.56. The molecular weight excluding hydrogens is 406 g/mol. The Morgan fingerprint density at radius 3 is 2.48 bits per heavy atom. The molecule has 0 spiro atoms. The van der Waals surface area contributed by atoms with Gasteiger partial charge in [-0.1, -0.05) is 52.5 Å². The van der Waals surface area contributed by atoms with Gasteiger partial charge in [0.05, 0.1) is 17.5 Å². The summed E-state index contributed by atoms with van der Waals surface area (Å²) in [7, 11) is 2.06. The summed E-state index contributed by atoms with van der Waals surface area (Å²) >= 11 is 0. The van der Waals surface area contributed by atoms with E-state index in [2.05, 4.69) is 82.0 Å². The molecule has 182 valence electrons. The molecule has 0 saturated carbocycles. The van der Waals surface area contributed by atoms with Crippen LogP contribution in [-0.4, -0.2) is 42.0 Å². The van der Waals surface area contributed by atoms with E-state index in [1.54, 1.807) is 0 Å². The standard InChI is InChI=1S/C29H45N3O/c1-9-11-23(6)31(8)29(10-2)24(7)30-22(5)19-25-12-13-27(20-26(25)18-21(3)4)32-16-14-28(33)15-17-32/h10,12-13,20-21,28,33H,5-6,9,11,14-19H2,1-4,7-8H3/b29-10+,30-24-. The minimum Gasteiger partial charge on any atom is -0.393 e. The Bertz CT molecular complexity index is 873. The van der Waals surface area contributed by atoms with E-state index in [0.717, 1.165) is 74.4 Å². The van der Waals surface area contributed by atoms with Gasteiger partial charge in [-0.05, 0) is 68.7 Å². The maximum absolute atomic E-state index is 9.85. The van der Waals surface area contributed by atoms with E-state index in [1.165, 1.54) is 16.8 Å². The van der Waals surface area contributed by atoms with Crippen molar-refractivity contribution >= 4 is 11.4 Å². The molecule has 0 unspecified atom stereocenters. The summed E-state index contributed by atoms with van der Waals surface area (Å²) in [6, 6.07) is 6.82. The predicted octanol–water partition coefficient (Wildman–Crippen LogP) is 6.51. The van der Waals surface area contributed by atoms with E-state index in [9.17, 15) is 5.11 Å². The number of rotatable bonds is 11. The van der Waals surface area contributed by atoms with E-state index in [1.807, 2.05) is 6.92 Å². The molecule has 1 aromatic rings. The second-order valence-corrected chi connectivity index (χ2v) is 9.76. The van der Waals surface area contributed by atoms with Crippen LogP contribution in [0, 0.1) is 5.92 Å². The molecule has 1 N–H and O–H groups in total. The average molecular weight is 452 g/mol. The summed E-state index contributed by atoms with van der Waals surface area (Å²) in [5, 5.41) is 9.85. The minimum atomic E-state index is -0.152. The Kier molecular flexibility index (Phi) is 10.4. The lowest BCUT2D eigenvalue weighted by atomic mass is 9.94. The highest BCUT2D eigenvalue weighted by molar-refractivity contribution is 5.98. The molecule has 0 aliphatic carbocycles. The molecule has 1 aliphatic heterocycles. The first-order chi connectivity index (χ1) is 15.7. The van der Waals surface area contributed by atoms with Crippen molar-refractivity contribution in [2.75, 3.05) is 25.0 Å². The zero-order valence-corrected chi connectivity index (χ0v) is 21.8. The first kappa shape index (κ1) is 26.9. The van der Waals surface area contributed by atoms with Crippen LogP contribution in [0.5, 0.6) is 0 Å². The molecule has 1 saturated heterocycles. The van der Waals surface area contributed by atoms with Gasteiger partial charge in [-0.3, -0.25) is 4.99 Å². The van der Waals surface area contributed by atoms with Crippen LogP contribution >= 0.6 is 0 Å². The smallest absolute Gasteiger partial charge is 0.0608 e. The zero-order chi connectivity index (χ0) is 24.5. The lowest BCUT2D eigenvalue weighted by Crippen LogP contribution is -2.35. The Morgan fingerprint density at radius 1 is 1.24 bits per heavy atom. The monoisotopic (exact) mass is 451 g/mol. The fraction of sp³-hybridized carbons (Fsp3) is 0.552. The molecule has 1 aliphatic rings. The summed E-state index contributed by atoms with van der Waals surface area (Å²) in [6.45, 7) is 21.2. The molecule has 0 amide bonds. The molecule has 2 rings (SSSR count). The second-order valence-electron chi connectivity index (χ2n) is 9.76. The SMILES string of the molecule is C=C(Cc1ccc(N2CCC(O)CC2)cc1CC(C)C)/N=C(C)\C(=C/C)N(C)C(=C)CCC. The van der Waals surface area contributed by atoms with Crippen molar-refractivity contribution in [2.24, 2.45) is 10.9 Å². The van der Waals surface area contributed by atoms with Gasteiger partial charge in [0.25, 0.3) is 0 Å². The highest BCUT2D eigenvalue weighted by Crippen LogP contribution is 2.27. The van der Waals surface area contributed by atoms with Gasteiger partial charge in [0.15, 0.2) is 0 Å². The van der Waals surface area contributed by atoms with Gasteiger partial charge in [-0.25, -0.2) is 0 Å².